The van der Waals surface area contributed by atoms with Crippen LogP contribution < -0.4 is 0 Å². The number of nitrogens with zero attached hydrogens (tertiary/aromatic N) is 1. The van der Waals surface area contributed by atoms with E-state index < -0.39 is 0 Å². The fraction of sp³-hybridized carbons (Fsp3) is 0.280. The second-order valence-electron chi connectivity index (χ2n) is 7.55. The third kappa shape index (κ3) is 5.60. The lowest BCUT2D eigenvalue weighted by Crippen LogP contribution is -2.23. The predicted molar refractivity (Wildman–Crippen MR) is 120 cm³/mol. The molecule has 0 fully saturated rings. The van der Waals surface area contributed by atoms with Crippen LogP contribution in [-0.2, 0) is 19.6 Å². The van der Waals surface area contributed by atoms with Gasteiger partial charge in [0.25, 0.3) is 0 Å². The molecule has 0 radical (unpaired) electrons. The van der Waals surface area contributed by atoms with Crippen molar-refractivity contribution in [3.05, 3.63) is 101 Å². The lowest BCUT2D eigenvalue weighted by molar-refractivity contribution is 0.243. The van der Waals surface area contributed by atoms with E-state index in [0.29, 0.717) is 11.7 Å². The number of aromatic hydroxyl groups is 1. The minimum absolute atomic E-state index is 0. The Hall–Kier alpha value is -2.29. The Morgan fingerprint density at radius 1 is 0.750 bits per heavy atom. The highest BCUT2D eigenvalue weighted by Gasteiger charge is 2.16. The average molecular weight is 396 g/mol. The van der Waals surface area contributed by atoms with Crippen LogP contribution in [0.1, 0.15) is 47.6 Å². The van der Waals surface area contributed by atoms with Gasteiger partial charge < -0.3 is 5.11 Å². The second kappa shape index (κ2) is 10.3. The molecule has 0 atom stereocenters. The lowest BCUT2D eigenvalue weighted by Gasteiger charge is -2.25. The number of hydrogen-bond acceptors (Lipinski definition) is 2. The van der Waals surface area contributed by atoms with E-state index in [4.69, 9.17) is 0 Å². The first-order valence-electron chi connectivity index (χ1n) is 9.66. The molecule has 0 bridgehead atoms. The van der Waals surface area contributed by atoms with Gasteiger partial charge in [-0.1, -0.05) is 80.6 Å². The van der Waals surface area contributed by atoms with E-state index in [1.54, 1.807) is 0 Å². The number of hydrogen-bond donors (Lipinski definition) is 1. The smallest absolute Gasteiger partial charge is 0.120 e. The molecule has 148 valence electrons. The van der Waals surface area contributed by atoms with Gasteiger partial charge in [-0.2, -0.15) is 0 Å². The predicted octanol–water partition coefficient (Wildman–Crippen LogP) is 6.45. The molecule has 3 heteroatoms. The summed E-state index contributed by atoms with van der Waals surface area (Å²) in [7, 11) is 0. The second-order valence-corrected chi connectivity index (χ2v) is 7.55. The first-order valence-corrected chi connectivity index (χ1v) is 9.66. The standard InChI is InChI=1S/C25H29NO.ClH/c1-19(2)23-14-15-25(27)24(20(23)3)18-26(16-21-10-6-4-7-11-21)17-22-12-8-5-9-13-22;/h4-15,19,27H,16-18H2,1-3H3;1H. The van der Waals surface area contributed by atoms with Crippen molar-refractivity contribution in [2.24, 2.45) is 0 Å². The van der Waals surface area contributed by atoms with Crippen LogP contribution >= 0.6 is 12.4 Å². The quantitative estimate of drug-likeness (QED) is 0.497. The fourth-order valence-corrected chi connectivity index (χ4v) is 3.66. The zero-order valence-electron chi connectivity index (χ0n) is 16.9. The molecule has 2 nitrogen and oxygen atoms in total. The van der Waals surface area contributed by atoms with Crippen LogP contribution in [0.2, 0.25) is 0 Å². The molecule has 0 spiro atoms. The Kier molecular flexibility index (Phi) is 8.10. The molecule has 0 saturated heterocycles. The van der Waals surface area contributed by atoms with Crippen LogP contribution in [0.15, 0.2) is 72.8 Å². The summed E-state index contributed by atoms with van der Waals surface area (Å²) in [4.78, 5) is 2.40. The van der Waals surface area contributed by atoms with E-state index in [9.17, 15) is 5.11 Å². The van der Waals surface area contributed by atoms with Crippen molar-refractivity contribution in [2.75, 3.05) is 0 Å². The third-order valence-electron chi connectivity index (χ3n) is 5.12. The topological polar surface area (TPSA) is 23.5 Å². The van der Waals surface area contributed by atoms with Gasteiger partial charge in [-0.25, -0.2) is 0 Å². The Labute approximate surface area is 175 Å². The molecule has 0 aliphatic heterocycles. The highest BCUT2D eigenvalue weighted by Crippen LogP contribution is 2.30. The molecule has 3 aromatic rings. The van der Waals surface area contributed by atoms with E-state index in [1.165, 1.54) is 22.3 Å². The zero-order valence-corrected chi connectivity index (χ0v) is 17.7. The monoisotopic (exact) mass is 395 g/mol. The van der Waals surface area contributed by atoms with Gasteiger partial charge >= 0.3 is 0 Å². The molecule has 1 N–H and O–H groups in total. The van der Waals surface area contributed by atoms with Gasteiger partial charge in [-0.05, 0) is 41.2 Å². The SMILES string of the molecule is Cc1c(C(C)C)ccc(O)c1CN(Cc1ccccc1)Cc1ccccc1.Cl. The lowest BCUT2D eigenvalue weighted by atomic mass is 9.93. The highest BCUT2D eigenvalue weighted by atomic mass is 35.5. The van der Waals surface area contributed by atoms with Crippen LogP contribution in [0.3, 0.4) is 0 Å². The van der Waals surface area contributed by atoms with Crippen molar-refractivity contribution in [3.8, 4) is 5.75 Å². The van der Waals surface area contributed by atoms with Crippen molar-refractivity contribution in [1.82, 2.24) is 4.90 Å². The van der Waals surface area contributed by atoms with Gasteiger partial charge in [0.2, 0.25) is 0 Å². The Bertz CT molecular complexity index is 821. The first-order chi connectivity index (χ1) is 13.0. The maximum atomic E-state index is 10.6. The van der Waals surface area contributed by atoms with E-state index in [1.807, 2.05) is 18.2 Å². The summed E-state index contributed by atoms with van der Waals surface area (Å²) < 4.78 is 0. The first kappa shape index (κ1) is 22.0. The van der Waals surface area contributed by atoms with Gasteiger partial charge in [0.1, 0.15) is 5.75 Å². The van der Waals surface area contributed by atoms with E-state index in [0.717, 1.165) is 25.2 Å². The molecule has 3 rings (SSSR count). The number of phenols is 1. The fourth-order valence-electron chi connectivity index (χ4n) is 3.66. The van der Waals surface area contributed by atoms with E-state index in [-0.39, 0.29) is 12.4 Å². The third-order valence-corrected chi connectivity index (χ3v) is 5.12. The minimum atomic E-state index is 0. The molecular formula is C25H30ClNO. The van der Waals surface area contributed by atoms with Gasteiger partial charge in [-0.3, -0.25) is 4.90 Å². The molecule has 0 unspecified atom stereocenters. The van der Waals surface area contributed by atoms with Gasteiger partial charge in [0, 0.05) is 25.2 Å². The van der Waals surface area contributed by atoms with Crippen molar-refractivity contribution >= 4 is 12.4 Å². The number of halogens is 1. The van der Waals surface area contributed by atoms with Crippen LogP contribution in [-0.4, -0.2) is 10.0 Å². The minimum Gasteiger partial charge on any atom is -0.508 e. The summed E-state index contributed by atoms with van der Waals surface area (Å²) in [6, 6.07) is 25.0. The molecule has 3 aromatic carbocycles. The molecular weight excluding hydrogens is 366 g/mol. The van der Waals surface area contributed by atoms with Crippen molar-refractivity contribution < 1.29 is 5.11 Å². The summed E-state index contributed by atoms with van der Waals surface area (Å²) in [5, 5.41) is 10.6. The van der Waals surface area contributed by atoms with Crippen LogP contribution in [0.25, 0.3) is 0 Å². The molecule has 0 amide bonds. The largest absolute Gasteiger partial charge is 0.508 e. The molecule has 0 aliphatic rings. The summed E-state index contributed by atoms with van der Waals surface area (Å²) in [6.07, 6.45) is 0. The number of phenolic OH excluding ortho intramolecular Hbond substituents is 1. The maximum absolute atomic E-state index is 10.6. The van der Waals surface area contributed by atoms with E-state index >= 15 is 0 Å². The van der Waals surface area contributed by atoms with Crippen molar-refractivity contribution in [3.63, 3.8) is 0 Å². The molecule has 0 heterocycles. The summed E-state index contributed by atoms with van der Waals surface area (Å²) in [5.41, 5.74) is 6.11. The average Bonchev–Trinajstić information content (AvgIpc) is 2.66. The highest BCUT2D eigenvalue weighted by molar-refractivity contribution is 5.85. The van der Waals surface area contributed by atoms with Gasteiger partial charge in [0.05, 0.1) is 0 Å². The van der Waals surface area contributed by atoms with Crippen LogP contribution in [0.4, 0.5) is 0 Å². The van der Waals surface area contributed by atoms with Crippen LogP contribution in [0, 0.1) is 6.92 Å². The number of rotatable bonds is 7. The molecule has 0 aromatic heterocycles. The van der Waals surface area contributed by atoms with Crippen molar-refractivity contribution in [2.45, 2.75) is 46.3 Å². The summed E-state index contributed by atoms with van der Waals surface area (Å²) in [6.45, 7) is 8.96. The maximum Gasteiger partial charge on any atom is 0.120 e. The Morgan fingerprint density at radius 2 is 1.25 bits per heavy atom. The Morgan fingerprint density at radius 3 is 1.71 bits per heavy atom. The van der Waals surface area contributed by atoms with E-state index in [2.05, 4.69) is 80.3 Å². The molecule has 0 aliphatic carbocycles. The molecule has 0 saturated carbocycles. The van der Waals surface area contributed by atoms with Gasteiger partial charge in [-0.15, -0.1) is 12.4 Å². The summed E-state index contributed by atoms with van der Waals surface area (Å²) in [5.74, 6) is 0.837. The Balaban J connectivity index is 0.00000280. The zero-order chi connectivity index (χ0) is 19.2. The van der Waals surface area contributed by atoms with Crippen LogP contribution in [0.5, 0.6) is 5.75 Å². The number of benzene rings is 3. The van der Waals surface area contributed by atoms with Crippen molar-refractivity contribution in [1.29, 1.82) is 0 Å². The van der Waals surface area contributed by atoms with Gasteiger partial charge in [0.15, 0.2) is 0 Å². The molecule has 28 heavy (non-hydrogen) atoms. The normalized spacial score (nSPS) is 10.9. The summed E-state index contributed by atoms with van der Waals surface area (Å²) >= 11 is 0.